The van der Waals surface area contributed by atoms with Crippen LogP contribution in [0.15, 0.2) is 0 Å². The molecule has 0 aromatic carbocycles. The summed E-state index contributed by atoms with van der Waals surface area (Å²) in [7, 11) is 3.15. The number of hydrogen-bond donors (Lipinski definition) is 8. The number of nitrogens with zero attached hydrogens (tertiary/aromatic N) is 1. The molecular weight excluding hydrogens is 550 g/mol. The molecule has 0 aliphatic carbocycles. The largest absolute Gasteiger partial charge is 0.368 e. The van der Waals surface area contributed by atoms with E-state index in [0.717, 1.165) is 0 Å². The number of carbonyl (C=O) groups is 7. The summed E-state index contributed by atoms with van der Waals surface area (Å²) in [5, 5.41) is 15.7. The van der Waals surface area contributed by atoms with Crippen molar-refractivity contribution in [2.45, 2.75) is 83.6 Å². The maximum Gasteiger partial charge on any atom is 0.246 e. The van der Waals surface area contributed by atoms with Crippen molar-refractivity contribution < 1.29 is 33.6 Å². The summed E-state index contributed by atoms with van der Waals surface area (Å²) in [5.74, 6) is -4.31. The number of nitrogens with one attached hydrogen (secondary N) is 6. The summed E-state index contributed by atoms with van der Waals surface area (Å²) < 4.78 is 0. The first-order valence-electron chi connectivity index (χ1n) is 13.9. The Labute approximate surface area is 246 Å². The lowest BCUT2D eigenvalue weighted by Crippen LogP contribution is -2.58. The van der Waals surface area contributed by atoms with Crippen LogP contribution in [0.4, 0.5) is 0 Å². The molecule has 16 nitrogen and oxygen atoms in total. The summed E-state index contributed by atoms with van der Waals surface area (Å²) in [6, 6.07) is -4.90. The Morgan fingerprint density at radius 2 is 1.52 bits per heavy atom. The van der Waals surface area contributed by atoms with Gasteiger partial charge in [0.2, 0.25) is 41.4 Å². The minimum Gasteiger partial charge on any atom is -0.368 e. The van der Waals surface area contributed by atoms with Crippen LogP contribution in [0.25, 0.3) is 0 Å². The lowest BCUT2D eigenvalue weighted by molar-refractivity contribution is -0.142. The highest BCUT2D eigenvalue weighted by atomic mass is 16.2. The van der Waals surface area contributed by atoms with Crippen molar-refractivity contribution in [1.82, 2.24) is 36.8 Å². The molecule has 7 amide bonds. The fourth-order valence-electron chi connectivity index (χ4n) is 4.36. The van der Waals surface area contributed by atoms with Gasteiger partial charge in [0, 0.05) is 13.1 Å². The lowest BCUT2D eigenvalue weighted by Gasteiger charge is -2.31. The molecule has 1 heterocycles. The summed E-state index contributed by atoms with van der Waals surface area (Å²) >= 11 is 0. The second-order valence-corrected chi connectivity index (χ2v) is 11.4. The Kier molecular flexibility index (Phi) is 14.3. The first-order chi connectivity index (χ1) is 19.5. The standard InChI is InChI=1S/C26H47N9O7/c1-14(30-6)23(40)33-16(25(42)35-11-7-8-17(35)22(28)39)12-18(36)31-10-9-15(21(27)38)32-24(41)20(26(2,3)4)34-19(37)13-29-5/h14-17,20,29-30H,7-13H2,1-6H3,(H2,27,38)(H2,28,39)(H,31,36)(H,32,41)(H,33,40)(H,34,37)/t14?,15-,16-,17?,20?/m0/s1. The number of carbonyl (C=O) groups excluding carboxylic acids is 7. The zero-order chi connectivity index (χ0) is 32.2. The predicted octanol–water partition coefficient (Wildman–Crippen LogP) is -3.83. The third-order valence-corrected chi connectivity index (χ3v) is 6.88. The van der Waals surface area contributed by atoms with E-state index in [1.165, 1.54) is 4.90 Å². The van der Waals surface area contributed by atoms with Crippen molar-refractivity contribution in [3.63, 3.8) is 0 Å². The topological polar surface area (TPSA) is 247 Å². The number of likely N-dealkylation sites (tertiary alicyclic amines) is 1. The summed E-state index contributed by atoms with van der Waals surface area (Å²) in [6.45, 7) is 6.97. The molecule has 0 radical (unpaired) electrons. The van der Waals surface area contributed by atoms with E-state index in [1.807, 2.05) is 0 Å². The molecule has 10 N–H and O–H groups in total. The van der Waals surface area contributed by atoms with Gasteiger partial charge in [-0.05, 0) is 45.7 Å². The molecule has 0 saturated carbocycles. The minimum absolute atomic E-state index is 0.0100. The quantitative estimate of drug-likeness (QED) is 0.0867. The van der Waals surface area contributed by atoms with Gasteiger partial charge in [-0.15, -0.1) is 0 Å². The van der Waals surface area contributed by atoms with E-state index in [2.05, 4.69) is 31.9 Å². The summed E-state index contributed by atoms with van der Waals surface area (Å²) in [4.78, 5) is 88.8. The molecule has 1 fully saturated rings. The molecule has 238 valence electrons. The Morgan fingerprint density at radius 3 is 2.05 bits per heavy atom. The highest BCUT2D eigenvalue weighted by Crippen LogP contribution is 2.20. The molecule has 42 heavy (non-hydrogen) atoms. The van der Waals surface area contributed by atoms with Crippen LogP contribution in [0.1, 0.15) is 53.4 Å². The number of rotatable bonds is 16. The number of likely N-dealkylation sites (N-methyl/N-ethyl adjacent to an activating group) is 2. The second-order valence-electron chi connectivity index (χ2n) is 11.4. The van der Waals surface area contributed by atoms with E-state index in [1.54, 1.807) is 41.8 Å². The van der Waals surface area contributed by atoms with Crippen LogP contribution in [0.2, 0.25) is 0 Å². The highest BCUT2D eigenvalue weighted by molar-refractivity contribution is 5.96. The molecule has 1 aliphatic rings. The van der Waals surface area contributed by atoms with Gasteiger partial charge in [0.15, 0.2) is 0 Å². The molecule has 0 aromatic heterocycles. The zero-order valence-electron chi connectivity index (χ0n) is 25.3. The molecule has 0 spiro atoms. The first kappa shape index (κ1) is 36.2. The van der Waals surface area contributed by atoms with Crippen molar-refractivity contribution in [3.05, 3.63) is 0 Å². The van der Waals surface area contributed by atoms with Gasteiger partial charge >= 0.3 is 0 Å². The maximum atomic E-state index is 13.3. The monoisotopic (exact) mass is 597 g/mol. The highest BCUT2D eigenvalue weighted by Gasteiger charge is 2.38. The van der Waals surface area contributed by atoms with Crippen LogP contribution >= 0.6 is 0 Å². The normalized spacial score (nSPS) is 17.8. The Balaban J connectivity index is 2.89. The summed E-state index contributed by atoms with van der Waals surface area (Å²) in [5.41, 5.74) is 10.2. The van der Waals surface area contributed by atoms with E-state index >= 15 is 0 Å². The van der Waals surface area contributed by atoms with Gasteiger partial charge < -0.3 is 48.3 Å². The average molecular weight is 598 g/mol. The van der Waals surface area contributed by atoms with Gasteiger partial charge in [-0.3, -0.25) is 33.6 Å². The van der Waals surface area contributed by atoms with E-state index in [0.29, 0.717) is 12.8 Å². The van der Waals surface area contributed by atoms with Crippen LogP contribution in [0, 0.1) is 5.41 Å². The van der Waals surface area contributed by atoms with Gasteiger partial charge in [-0.2, -0.15) is 0 Å². The van der Waals surface area contributed by atoms with Crippen LogP contribution in [0.5, 0.6) is 0 Å². The fourth-order valence-corrected chi connectivity index (χ4v) is 4.36. The van der Waals surface area contributed by atoms with Crippen molar-refractivity contribution in [3.8, 4) is 0 Å². The molecule has 0 aromatic rings. The van der Waals surface area contributed by atoms with Crippen LogP contribution in [-0.2, 0) is 33.6 Å². The number of nitrogens with two attached hydrogens (primary N) is 2. The molecule has 5 atom stereocenters. The van der Waals surface area contributed by atoms with E-state index in [-0.39, 0.29) is 26.1 Å². The summed E-state index contributed by atoms with van der Waals surface area (Å²) in [6.07, 6.45) is 0.414. The van der Waals surface area contributed by atoms with Crippen molar-refractivity contribution >= 4 is 41.4 Å². The number of primary amides is 2. The first-order valence-corrected chi connectivity index (χ1v) is 13.9. The molecule has 1 aliphatic heterocycles. The predicted molar refractivity (Wildman–Crippen MR) is 153 cm³/mol. The average Bonchev–Trinajstić information content (AvgIpc) is 3.39. The van der Waals surface area contributed by atoms with Gasteiger partial charge in [-0.1, -0.05) is 20.8 Å². The van der Waals surface area contributed by atoms with Crippen molar-refractivity contribution in [1.29, 1.82) is 0 Å². The lowest BCUT2D eigenvalue weighted by atomic mass is 9.85. The Morgan fingerprint density at radius 1 is 0.905 bits per heavy atom. The Bertz CT molecular complexity index is 1010. The minimum atomic E-state index is -1.27. The van der Waals surface area contributed by atoms with Crippen LogP contribution in [-0.4, -0.2) is 110 Å². The zero-order valence-corrected chi connectivity index (χ0v) is 25.3. The molecule has 16 heteroatoms. The number of amides is 7. The van der Waals surface area contributed by atoms with Crippen molar-refractivity contribution in [2.75, 3.05) is 33.7 Å². The fraction of sp³-hybridized carbons (Fsp3) is 0.731. The molecule has 0 bridgehead atoms. The number of hydrogen-bond acceptors (Lipinski definition) is 9. The third-order valence-electron chi connectivity index (χ3n) is 6.88. The van der Waals surface area contributed by atoms with Gasteiger partial charge in [-0.25, -0.2) is 0 Å². The van der Waals surface area contributed by atoms with Gasteiger partial charge in [0.1, 0.15) is 24.2 Å². The molecule has 1 saturated heterocycles. The molecule has 1 rings (SSSR count). The maximum absolute atomic E-state index is 13.3. The van der Waals surface area contributed by atoms with Gasteiger partial charge in [0.25, 0.3) is 0 Å². The van der Waals surface area contributed by atoms with E-state index < -0.39 is 83.4 Å². The molecular formula is C26H47N9O7. The SMILES string of the molecule is CNCC(=O)NC(C(=O)N[C@@H](CCNC(=O)C[C@H](NC(=O)C(C)NC)C(=O)N1CCCC1C(N)=O)C(N)=O)C(C)(C)C. The van der Waals surface area contributed by atoms with E-state index in [9.17, 15) is 33.6 Å². The third kappa shape index (κ3) is 11.2. The smallest absolute Gasteiger partial charge is 0.246 e. The molecule has 3 unspecified atom stereocenters. The second kappa shape index (κ2) is 16.6. The van der Waals surface area contributed by atoms with Crippen LogP contribution in [0.3, 0.4) is 0 Å². The van der Waals surface area contributed by atoms with Crippen molar-refractivity contribution in [2.24, 2.45) is 16.9 Å². The van der Waals surface area contributed by atoms with Gasteiger partial charge in [0.05, 0.1) is 19.0 Å². The Hall–Kier alpha value is -3.79. The van der Waals surface area contributed by atoms with E-state index in [4.69, 9.17) is 11.5 Å². The van der Waals surface area contributed by atoms with Crippen LogP contribution < -0.4 is 43.4 Å².